The zero-order valence-corrected chi connectivity index (χ0v) is 14.1. The Morgan fingerprint density at radius 2 is 2.20 bits per heavy atom. The van der Waals surface area contributed by atoms with Crippen LogP contribution in [0.1, 0.15) is 23.2 Å². The van der Waals surface area contributed by atoms with Gasteiger partial charge in [-0.25, -0.2) is 0 Å². The number of amides is 1. The first-order valence-corrected chi connectivity index (χ1v) is 8.16. The van der Waals surface area contributed by atoms with Crippen LogP contribution in [0.4, 0.5) is 0 Å². The molecule has 0 aliphatic heterocycles. The Hall–Kier alpha value is -3.03. The first-order chi connectivity index (χ1) is 12.1. The van der Waals surface area contributed by atoms with Crippen LogP contribution in [-0.2, 0) is 6.54 Å². The highest BCUT2D eigenvalue weighted by Crippen LogP contribution is 2.30. The Kier molecular flexibility index (Phi) is 3.79. The van der Waals surface area contributed by atoms with E-state index in [0.29, 0.717) is 34.5 Å². The van der Waals surface area contributed by atoms with Gasteiger partial charge in [0.15, 0.2) is 5.69 Å². The van der Waals surface area contributed by atoms with Crippen molar-refractivity contribution in [2.45, 2.75) is 19.4 Å². The van der Waals surface area contributed by atoms with Gasteiger partial charge < -0.3 is 9.42 Å². The molecule has 0 unspecified atom stereocenters. The lowest BCUT2D eigenvalue weighted by atomic mass is 10.1. The van der Waals surface area contributed by atoms with Crippen LogP contribution in [0.3, 0.4) is 0 Å². The molecule has 2 aromatic heterocycles. The first-order valence-electron chi connectivity index (χ1n) is 8.16. The summed E-state index contributed by atoms with van der Waals surface area (Å²) < 4.78 is 7.13. The normalized spacial score (nSPS) is 13.8. The highest BCUT2D eigenvalue weighted by atomic mass is 16.5. The topological polar surface area (TPSA) is 89.9 Å². The largest absolute Gasteiger partial charge is 0.345 e. The molecule has 8 nitrogen and oxygen atoms in total. The number of nitrogens with zero attached hydrogens (tertiary/aromatic N) is 6. The van der Waals surface area contributed by atoms with Gasteiger partial charge in [0.2, 0.25) is 5.82 Å². The van der Waals surface area contributed by atoms with Crippen molar-refractivity contribution in [2.75, 3.05) is 14.1 Å². The molecule has 0 N–H and O–H groups in total. The van der Waals surface area contributed by atoms with Gasteiger partial charge in [-0.15, -0.1) is 5.10 Å². The summed E-state index contributed by atoms with van der Waals surface area (Å²) in [5.41, 5.74) is 1.84. The number of carbonyl (C=O) groups excluding carboxylic acids is 1. The molecule has 1 aliphatic rings. The summed E-state index contributed by atoms with van der Waals surface area (Å²) in [5.74, 6) is 1.37. The molecule has 0 radical (unpaired) electrons. The van der Waals surface area contributed by atoms with E-state index in [4.69, 9.17) is 4.52 Å². The Balaban J connectivity index is 1.57. The predicted octanol–water partition coefficient (Wildman–Crippen LogP) is 2.11. The molecule has 1 aliphatic carbocycles. The van der Waals surface area contributed by atoms with E-state index in [1.54, 1.807) is 32.3 Å². The van der Waals surface area contributed by atoms with E-state index < -0.39 is 0 Å². The van der Waals surface area contributed by atoms with Gasteiger partial charge in [-0.1, -0.05) is 22.5 Å². The molecule has 3 aromatic rings. The maximum absolute atomic E-state index is 12.1. The van der Waals surface area contributed by atoms with Gasteiger partial charge in [0, 0.05) is 31.8 Å². The third-order valence-electron chi connectivity index (χ3n) is 4.10. The average Bonchev–Trinajstić information content (AvgIpc) is 3.10. The summed E-state index contributed by atoms with van der Waals surface area (Å²) in [4.78, 5) is 18.0. The lowest BCUT2D eigenvalue weighted by Crippen LogP contribution is -2.21. The molecule has 0 saturated heterocycles. The summed E-state index contributed by atoms with van der Waals surface area (Å²) in [6.07, 6.45) is 4.32. The van der Waals surface area contributed by atoms with E-state index in [9.17, 15) is 4.79 Å². The van der Waals surface area contributed by atoms with Crippen LogP contribution in [0, 0.1) is 5.92 Å². The smallest absolute Gasteiger partial charge is 0.280 e. The Labute approximate surface area is 144 Å². The van der Waals surface area contributed by atoms with Crippen molar-refractivity contribution in [1.29, 1.82) is 0 Å². The minimum Gasteiger partial charge on any atom is -0.345 e. The molecule has 0 spiro atoms. The molecule has 25 heavy (non-hydrogen) atoms. The molecule has 1 saturated carbocycles. The fraction of sp³-hybridized carbons (Fsp3) is 0.353. The minimum absolute atomic E-state index is 0.0754. The van der Waals surface area contributed by atoms with Crippen LogP contribution in [0.2, 0.25) is 0 Å². The van der Waals surface area contributed by atoms with Gasteiger partial charge in [0.1, 0.15) is 0 Å². The van der Waals surface area contributed by atoms with E-state index in [1.165, 1.54) is 17.7 Å². The lowest BCUT2D eigenvalue weighted by Gasteiger charge is -2.10. The van der Waals surface area contributed by atoms with Crippen molar-refractivity contribution in [3.63, 3.8) is 0 Å². The SMILES string of the molecule is CN(C)C(=O)c1cccc(-c2noc(-c3cn(CC4CC4)nn3)n2)c1. The number of hydrogen-bond donors (Lipinski definition) is 0. The van der Waals surface area contributed by atoms with Crippen LogP contribution in [0.25, 0.3) is 23.0 Å². The summed E-state index contributed by atoms with van der Waals surface area (Å²) >= 11 is 0. The summed E-state index contributed by atoms with van der Waals surface area (Å²) in [6.45, 7) is 0.878. The molecule has 128 valence electrons. The van der Waals surface area contributed by atoms with Gasteiger partial charge in [0.05, 0.1) is 6.20 Å². The third kappa shape index (κ3) is 3.28. The van der Waals surface area contributed by atoms with E-state index in [2.05, 4.69) is 20.5 Å². The molecule has 1 fully saturated rings. The van der Waals surface area contributed by atoms with Crippen molar-refractivity contribution >= 4 is 5.91 Å². The average molecular weight is 338 g/mol. The van der Waals surface area contributed by atoms with Gasteiger partial charge in [-0.3, -0.25) is 9.48 Å². The molecule has 2 heterocycles. The highest BCUT2D eigenvalue weighted by Gasteiger charge is 2.23. The number of hydrogen-bond acceptors (Lipinski definition) is 6. The summed E-state index contributed by atoms with van der Waals surface area (Å²) in [7, 11) is 3.43. The molecule has 0 atom stereocenters. The quantitative estimate of drug-likeness (QED) is 0.708. The number of carbonyl (C=O) groups is 1. The van der Waals surface area contributed by atoms with Crippen LogP contribution < -0.4 is 0 Å². The van der Waals surface area contributed by atoms with E-state index in [0.717, 1.165) is 6.54 Å². The monoisotopic (exact) mass is 338 g/mol. The van der Waals surface area contributed by atoms with Crippen molar-refractivity contribution in [3.8, 4) is 23.0 Å². The molecule has 4 rings (SSSR count). The number of rotatable bonds is 5. The second-order valence-corrected chi connectivity index (χ2v) is 6.47. The predicted molar refractivity (Wildman–Crippen MR) is 89.5 cm³/mol. The molecular formula is C17H18N6O2. The van der Waals surface area contributed by atoms with Crippen molar-refractivity contribution < 1.29 is 9.32 Å². The lowest BCUT2D eigenvalue weighted by molar-refractivity contribution is 0.0827. The second-order valence-electron chi connectivity index (χ2n) is 6.47. The second kappa shape index (κ2) is 6.12. The van der Waals surface area contributed by atoms with Crippen molar-refractivity contribution in [3.05, 3.63) is 36.0 Å². The van der Waals surface area contributed by atoms with Crippen LogP contribution >= 0.6 is 0 Å². The maximum atomic E-state index is 12.1. The fourth-order valence-electron chi connectivity index (χ4n) is 2.54. The molecule has 0 bridgehead atoms. The van der Waals surface area contributed by atoms with Crippen LogP contribution in [0.15, 0.2) is 35.0 Å². The molecular weight excluding hydrogens is 320 g/mol. The number of benzene rings is 1. The van der Waals surface area contributed by atoms with Crippen molar-refractivity contribution in [2.24, 2.45) is 5.92 Å². The summed E-state index contributed by atoms with van der Waals surface area (Å²) in [6, 6.07) is 7.15. The highest BCUT2D eigenvalue weighted by molar-refractivity contribution is 5.94. The Morgan fingerprint density at radius 3 is 2.96 bits per heavy atom. The Morgan fingerprint density at radius 1 is 1.36 bits per heavy atom. The number of aromatic nitrogens is 5. The molecule has 1 amide bonds. The van der Waals surface area contributed by atoms with Crippen LogP contribution in [0.5, 0.6) is 0 Å². The molecule has 1 aromatic carbocycles. The van der Waals surface area contributed by atoms with Crippen molar-refractivity contribution in [1.82, 2.24) is 30.0 Å². The first kappa shape index (κ1) is 15.5. The Bertz CT molecular complexity index is 909. The van der Waals surface area contributed by atoms with Gasteiger partial charge in [-0.2, -0.15) is 4.98 Å². The zero-order valence-electron chi connectivity index (χ0n) is 14.1. The fourth-order valence-corrected chi connectivity index (χ4v) is 2.54. The van der Waals surface area contributed by atoms with Gasteiger partial charge in [0.25, 0.3) is 11.8 Å². The maximum Gasteiger partial charge on any atom is 0.280 e. The minimum atomic E-state index is -0.0754. The van der Waals surface area contributed by atoms with Crippen LogP contribution in [-0.4, -0.2) is 50.0 Å². The van der Waals surface area contributed by atoms with Gasteiger partial charge >= 0.3 is 0 Å². The van der Waals surface area contributed by atoms with E-state index in [-0.39, 0.29) is 5.91 Å². The van der Waals surface area contributed by atoms with Gasteiger partial charge in [-0.05, 0) is 30.9 Å². The summed E-state index contributed by atoms with van der Waals surface area (Å²) in [5, 5.41) is 12.2. The zero-order chi connectivity index (χ0) is 17.4. The van der Waals surface area contributed by atoms with E-state index in [1.807, 2.05) is 16.9 Å². The standard InChI is InChI=1S/C17H18N6O2/c1-22(2)17(24)13-5-3-4-12(8-13)15-18-16(25-20-15)14-10-23(21-19-14)9-11-6-7-11/h3-5,8,10-11H,6-7,9H2,1-2H3. The third-order valence-corrected chi connectivity index (χ3v) is 4.10. The molecule has 8 heteroatoms. The van der Waals surface area contributed by atoms with E-state index >= 15 is 0 Å².